The number of halogens is 1. The van der Waals surface area contributed by atoms with Crippen molar-refractivity contribution in [3.63, 3.8) is 0 Å². The van der Waals surface area contributed by atoms with Crippen molar-refractivity contribution in [1.82, 2.24) is 15.0 Å². The molecule has 2 aromatic carbocycles. The fourth-order valence-corrected chi connectivity index (χ4v) is 4.28. The van der Waals surface area contributed by atoms with E-state index in [-0.39, 0.29) is 17.2 Å². The molecule has 1 amide bonds. The lowest BCUT2D eigenvalue weighted by Crippen LogP contribution is -2.37. The van der Waals surface area contributed by atoms with Crippen molar-refractivity contribution in [2.24, 2.45) is 5.92 Å². The van der Waals surface area contributed by atoms with Crippen LogP contribution < -0.4 is 5.32 Å². The third-order valence-electron chi connectivity index (χ3n) is 5.93. The molecule has 2 heterocycles. The number of aromatic nitrogens is 2. The first kappa shape index (κ1) is 22.7. The Morgan fingerprint density at radius 2 is 1.81 bits per heavy atom. The fourth-order valence-electron chi connectivity index (χ4n) is 3.90. The summed E-state index contributed by atoms with van der Waals surface area (Å²) in [5, 5.41) is 7.19. The molecule has 1 aliphatic rings. The maximum atomic E-state index is 12.6. The van der Waals surface area contributed by atoms with Crippen LogP contribution in [-0.4, -0.2) is 34.0 Å². The molecule has 1 aliphatic heterocycles. The van der Waals surface area contributed by atoms with Gasteiger partial charge in [-0.2, -0.15) is 4.98 Å². The Morgan fingerprint density at radius 3 is 2.47 bits per heavy atom. The highest BCUT2D eigenvalue weighted by molar-refractivity contribution is 9.10. The molecule has 32 heavy (non-hydrogen) atoms. The molecule has 0 saturated carbocycles. The van der Waals surface area contributed by atoms with E-state index in [0.717, 1.165) is 41.7 Å². The van der Waals surface area contributed by atoms with E-state index in [2.05, 4.69) is 69.2 Å². The van der Waals surface area contributed by atoms with Crippen molar-refractivity contribution in [2.75, 3.05) is 18.4 Å². The number of nitrogens with one attached hydrogen (secondary N) is 1. The minimum absolute atomic E-state index is 0.0120. The van der Waals surface area contributed by atoms with Gasteiger partial charge in [0, 0.05) is 16.0 Å². The summed E-state index contributed by atoms with van der Waals surface area (Å²) in [5.41, 5.74) is 3.16. The smallest absolute Gasteiger partial charge is 0.241 e. The Labute approximate surface area is 197 Å². The van der Waals surface area contributed by atoms with Crippen LogP contribution in [0.3, 0.4) is 0 Å². The highest BCUT2D eigenvalue weighted by Gasteiger charge is 2.26. The maximum absolute atomic E-state index is 12.6. The number of amides is 1. The normalized spacial score (nSPS) is 15.6. The maximum Gasteiger partial charge on any atom is 0.241 e. The number of benzene rings is 2. The van der Waals surface area contributed by atoms with Gasteiger partial charge < -0.3 is 9.84 Å². The number of nitrogens with zero attached hydrogens (tertiary/aromatic N) is 3. The van der Waals surface area contributed by atoms with Crippen molar-refractivity contribution < 1.29 is 9.32 Å². The van der Waals surface area contributed by atoms with Crippen LogP contribution in [0.2, 0.25) is 0 Å². The fraction of sp³-hybridized carbons (Fsp3) is 0.400. The highest BCUT2D eigenvalue weighted by Crippen LogP contribution is 2.27. The molecular weight excluding hydrogens is 468 g/mol. The number of piperidine rings is 1. The number of likely N-dealkylation sites (tertiary alicyclic amines) is 1. The molecule has 168 valence electrons. The summed E-state index contributed by atoms with van der Waals surface area (Å²) >= 11 is 3.48. The van der Waals surface area contributed by atoms with Crippen molar-refractivity contribution in [2.45, 2.75) is 45.6 Å². The van der Waals surface area contributed by atoms with E-state index in [4.69, 9.17) is 4.52 Å². The summed E-state index contributed by atoms with van der Waals surface area (Å²) in [6.07, 6.45) is 1.62. The predicted molar refractivity (Wildman–Crippen MR) is 129 cm³/mol. The lowest BCUT2D eigenvalue weighted by molar-refractivity contribution is -0.121. The lowest BCUT2D eigenvalue weighted by Gasteiger charge is -2.30. The third-order valence-corrected chi connectivity index (χ3v) is 6.62. The van der Waals surface area contributed by atoms with E-state index in [1.165, 1.54) is 5.56 Å². The molecule has 0 radical (unpaired) electrons. The zero-order valence-electron chi connectivity index (χ0n) is 18.8. The van der Waals surface area contributed by atoms with Gasteiger partial charge in [-0.05, 0) is 65.0 Å². The molecule has 4 rings (SSSR count). The summed E-state index contributed by atoms with van der Waals surface area (Å²) in [4.78, 5) is 19.5. The Hall–Kier alpha value is -2.51. The van der Waals surface area contributed by atoms with Gasteiger partial charge >= 0.3 is 0 Å². The molecule has 0 unspecified atom stereocenters. The van der Waals surface area contributed by atoms with Gasteiger partial charge in [0.15, 0.2) is 0 Å². The van der Waals surface area contributed by atoms with Crippen LogP contribution in [0.1, 0.15) is 45.1 Å². The average Bonchev–Trinajstić information content (AvgIpc) is 3.24. The first-order valence-electron chi connectivity index (χ1n) is 11.0. The monoisotopic (exact) mass is 496 g/mol. The zero-order chi connectivity index (χ0) is 22.7. The minimum Gasteiger partial charge on any atom is -0.338 e. The van der Waals surface area contributed by atoms with E-state index < -0.39 is 0 Å². The van der Waals surface area contributed by atoms with Gasteiger partial charge in [-0.3, -0.25) is 9.69 Å². The number of anilines is 1. The molecular formula is C25H29BrN4O2. The van der Waals surface area contributed by atoms with Crippen LogP contribution in [0.4, 0.5) is 5.69 Å². The first-order valence-corrected chi connectivity index (χ1v) is 11.8. The SMILES string of the molecule is CC(C)(C)c1ccc(-c2noc(CN3CCC(C(=O)Nc4ccccc4Br)CC3)n2)cc1. The molecule has 6 nitrogen and oxygen atoms in total. The summed E-state index contributed by atoms with van der Waals surface area (Å²) in [6.45, 7) is 8.84. The zero-order valence-corrected chi connectivity index (χ0v) is 20.4. The van der Waals surface area contributed by atoms with Crippen LogP contribution in [0, 0.1) is 5.92 Å². The average molecular weight is 497 g/mol. The van der Waals surface area contributed by atoms with E-state index in [1.807, 2.05) is 36.4 Å². The van der Waals surface area contributed by atoms with E-state index in [1.54, 1.807) is 0 Å². The number of para-hydroxylation sites is 1. The molecule has 1 N–H and O–H groups in total. The quantitative estimate of drug-likeness (QED) is 0.494. The number of hydrogen-bond donors (Lipinski definition) is 1. The van der Waals surface area contributed by atoms with Crippen LogP contribution in [0.25, 0.3) is 11.4 Å². The highest BCUT2D eigenvalue weighted by atomic mass is 79.9. The second-order valence-corrected chi connectivity index (χ2v) is 10.2. The van der Waals surface area contributed by atoms with E-state index in [0.29, 0.717) is 18.3 Å². The molecule has 1 aromatic heterocycles. The Morgan fingerprint density at radius 1 is 1.12 bits per heavy atom. The summed E-state index contributed by atoms with van der Waals surface area (Å²) < 4.78 is 6.39. The van der Waals surface area contributed by atoms with Crippen LogP contribution in [0.15, 0.2) is 57.5 Å². The number of carbonyl (C=O) groups excluding carboxylic acids is 1. The molecule has 0 aliphatic carbocycles. The second kappa shape index (κ2) is 9.55. The third kappa shape index (κ3) is 5.45. The number of hydrogen-bond acceptors (Lipinski definition) is 5. The van der Waals surface area contributed by atoms with Gasteiger partial charge in [0.2, 0.25) is 17.6 Å². The van der Waals surface area contributed by atoms with Crippen molar-refractivity contribution >= 4 is 27.5 Å². The molecule has 1 fully saturated rings. The summed E-state index contributed by atoms with van der Waals surface area (Å²) in [5.74, 6) is 1.31. The van der Waals surface area contributed by atoms with Crippen molar-refractivity contribution in [1.29, 1.82) is 0 Å². The summed E-state index contributed by atoms with van der Waals surface area (Å²) in [7, 11) is 0. The largest absolute Gasteiger partial charge is 0.338 e. The first-order chi connectivity index (χ1) is 15.3. The second-order valence-electron chi connectivity index (χ2n) is 9.36. The van der Waals surface area contributed by atoms with Crippen LogP contribution >= 0.6 is 15.9 Å². The van der Waals surface area contributed by atoms with Gasteiger partial charge in [-0.1, -0.05) is 62.3 Å². The van der Waals surface area contributed by atoms with Crippen LogP contribution in [-0.2, 0) is 16.8 Å². The van der Waals surface area contributed by atoms with Crippen molar-refractivity contribution in [3.8, 4) is 11.4 Å². The standard InChI is InChI=1S/C25H29BrN4O2/c1-25(2,3)19-10-8-17(9-11-19)23-28-22(32-29-23)16-30-14-12-18(13-15-30)24(31)27-21-7-5-4-6-20(21)26/h4-11,18H,12-16H2,1-3H3,(H,27,31). The van der Waals surface area contributed by atoms with Crippen molar-refractivity contribution in [3.05, 3.63) is 64.5 Å². The van der Waals surface area contributed by atoms with Gasteiger partial charge in [-0.15, -0.1) is 0 Å². The molecule has 0 atom stereocenters. The van der Waals surface area contributed by atoms with Gasteiger partial charge in [0.25, 0.3) is 0 Å². The molecule has 0 bridgehead atoms. The van der Waals surface area contributed by atoms with Gasteiger partial charge in [-0.25, -0.2) is 0 Å². The predicted octanol–water partition coefficient (Wildman–Crippen LogP) is 5.65. The Bertz CT molecular complexity index is 1060. The lowest BCUT2D eigenvalue weighted by atomic mass is 9.87. The summed E-state index contributed by atoms with van der Waals surface area (Å²) in [6, 6.07) is 16.0. The molecule has 3 aromatic rings. The van der Waals surface area contributed by atoms with Crippen LogP contribution in [0.5, 0.6) is 0 Å². The number of carbonyl (C=O) groups is 1. The Balaban J connectivity index is 1.30. The Kier molecular flexibility index (Phi) is 6.76. The molecule has 7 heteroatoms. The minimum atomic E-state index is 0.0120. The molecule has 0 spiro atoms. The van der Waals surface area contributed by atoms with E-state index >= 15 is 0 Å². The molecule has 1 saturated heterocycles. The number of rotatable bonds is 5. The topological polar surface area (TPSA) is 71.3 Å². The van der Waals surface area contributed by atoms with Gasteiger partial charge in [0.05, 0.1) is 12.2 Å². The van der Waals surface area contributed by atoms with Gasteiger partial charge in [0.1, 0.15) is 0 Å². The van der Waals surface area contributed by atoms with E-state index in [9.17, 15) is 4.79 Å².